The van der Waals surface area contributed by atoms with Gasteiger partial charge in [0.1, 0.15) is 11.4 Å². The molecule has 1 unspecified atom stereocenters. The van der Waals surface area contributed by atoms with Crippen LogP contribution >= 0.6 is 0 Å². The molecule has 0 bridgehead atoms. The number of para-hydroxylation sites is 1. The summed E-state index contributed by atoms with van der Waals surface area (Å²) in [6.45, 7) is 5.05. The minimum Gasteiger partial charge on any atom is -0.393 e. The molecule has 0 spiro atoms. The van der Waals surface area contributed by atoms with Gasteiger partial charge in [0.05, 0.1) is 4.92 Å². The quantitative estimate of drug-likeness (QED) is 0.483. The molecule has 0 aromatic heterocycles. The smallest absolute Gasteiger partial charge is 0.314 e. The zero-order chi connectivity index (χ0) is 13.8. The molecular weight excluding hydrogens is 244 g/mol. The Morgan fingerprint density at radius 2 is 2.16 bits per heavy atom. The Morgan fingerprint density at radius 1 is 1.47 bits per heavy atom. The number of benzene rings is 1. The predicted molar refractivity (Wildman–Crippen MR) is 76.3 cm³/mol. The van der Waals surface area contributed by atoms with Crippen LogP contribution in [0.15, 0.2) is 18.2 Å². The van der Waals surface area contributed by atoms with E-state index in [0.29, 0.717) is 18.3 Å². The van der Waals surface area contributed by atoms with Gasteiger partial charge in [-0.2, -0.15) is 0 Å². The second-order valence-corrected chi connectivity index (χ2v) is 4.97. The number of likely N-dealkylation sites (tertiary alicyclic amines) is 1. The van der Waals surface area contributed by atoms with Crippen molar-refractivity contribution in [2.45, 2.75) is 25.8 Å². The summed E-state index contributed by atoms with van der Waals surface area (Å²) in [5.41, 5.74) is 6.32. The molecule has 2 rings (SSSR count). The highest BCUT2D eigenvalue weighted by molar-refractivity contribution is 5.74. The van der Waals surface area contributed by atoms with E-state index in [2.05, 4.69) is 17.1 Å². The van der Waals surface area contributed by atoms with Crippen molar-refractivity contribution in [1.82, 2.24) is 4.90 Å². The van der Waals surface area contributed by atoms with E-state index in [1.165, 1.54) is 12.8 Å². The van der Waals surface area contributed by atoms with E-state index < -0.39 is 4.92 Å². The molecule has 6 heteroatoms. The molecule has 6 nitrogen and oxygen atoms in total. The number of anilines is 2. The molecule has 1 aromatic carbocycles. The number of nitro benzene ring substituents is 1. The van der Waals surface area contributed by atoms with Crippen molar-refractivity contribution in [3.05, 3.63) is 28.3 Å². The highest BCUT2D eigenvalue weighted by Gasteiger charge is 2.21. The van der Waals surface area contributed by atoms with Crippen LogP contribution in [0.4, 0.5) is 17.1 Å². The summed E-state index contributed by atoms with van der Waals surface area (Å²) in [5.74, 6) is 0. The molecule has 3 N–H and O–H groups in total. The van der Waals surface area contributed by atoms with Gasteiger partial charge in [0.15, 0.2) is 0 Å². The lowest BCUT2D eigenvalue weighted by Crippen LogP contribution is -2.35. The number of nitro groups is 1. The first-order chi connectivity index (χ1) is 9.09. The maximum absolute atomic E-state index is 11.0. The minimum absolute atomic E-state index is 0.0314. The average molecular weight is 264 g/mol. The van der Waals surface area contributed by atoms with Crippen LogP contribution in [0.5, 0.6) is 0 Å². The van der Waals surface area contributed by atoms with E-state index in [4.69, 9.17) is 5.73 Å². The van der Waals surface area contributed by atoms with Gasteiger partial charge in [-0.15, -0.1) is 0 Å². The average Bonchev–Trinajstić information content (AvgIpc) is 2.89. The van der Waals surface area contributed by atoms with Crippen molar-refractivity contribution < 1.29 is 4.92 Å². The number of hydrogen-bond donors (Lipinski definition) is 2. The third-order valence-corrected chi connectivity index (χ3v) is 3.60. The van der Waals surface area contributed by atoms with Crippen molar-refractivity contribution >= 4 is 17.1 Å². The van der Waals surface area contributed by atoms with E-state index in [0.717, 1.165) is 13.1 Å². The second kappa shape index (κ2) is 5.88. The standard InChI is InChI=1S/C13H20N4O2/c1-10(16-7-2-3-8-16)9-15-12-6-4-5-11(14)13(12)17(18)19/h4-6,10,15H,2-3,7-9,14H2,1H3. The molecule has 1 heterocycles. The molecule has 0 amide bonds. The van der Waals surface area contributed by atoms with Crippen molar-refractivity contribution in [2.75, 3.05) is 30.7 Å². The van der Waals surface area contributed by atoms with Crippen molar-refractivity contribution in [1.29, 1.82) is 0 Å². The Hall–Kier alpha value is -1.82. The lowest BCUT2D eigenvalue weighted by atomic mass is 10.2. The monoisotopic (exact) mass is 264 g/mol. The minimum atomic E-state index is -0.432. The van der Waals surface area contributed by atoms with Gasteiger partial charge in [-0.3, -0.25) is 15.0 Å². The first-order valence-corrected chi connectivity index (χ1v) is 6.60. The third-order valence-electron chi connectivity index (χ3n) is 3.60. The molecule has 1 aromatic rings. The fraction of sp³-hybridized carbons (Fsp3) is 0.538. The zero-order valence-corrected chi connectivity index (χ0v) is 11.1. The largest absolute Gasteiger partial charge is 0.393 e. The molecule has 19 heavy (non-hydrogen) atoms. The molecule has 1 aliphatic rings. The molecule has 104 valence electrons. The maximum Gasteiger partial charge on any atom is 0.314 e. The Bertz CT molecular complexity index is 458. The van der Waals surface area contributed by atoms with Crippen LogP contribution in [-0.4, -0.2) is 35.5 Å². The van der Waals surface area contributed by atoms with E-state index in [9.17, 15) is 10.1 Å². The van der Waals surface area contributed by atoms with Crippen molar-refractivity contribution in [3.63, 3.8) is 0 Å². The molecule has 1 fully saturated rings. The van der Waals surface area contributed by atoms with Gasteiger partial charge >= 0.3 is 5.69 Å². The number of rotatable bonds is 5. The molecule has 0 saturated carbocycles. The van der Waals surface area contributed by atoms with Gasteiger partial charge in [-0.05, 0) is 45.0 Å². The first kappa shape index (κ1) is 13.6. The number of nitrogen functional groups attached to an aromatic ring is 1. The van der Waals surface area contributed by atoms with Gasteiger partial charge in [0, 0.05) is 12.6 Å². The van der Waals surface area contributed by atoms with E-state index in [-0.39, 0.29) is 11.4 Å². The maximum atomic E-state index is 11.0. The third kappa shape index (κ3) is 3.14. The summed E-state index contributed by atoms with van der Waals surface area (Å²) in [6.07, 6.45) is 2.48. The zero-order valence-electron chi connectivity index (χ0n) is 11.1. The number of hydrogen-bond acceptors (Lipinski definition) is 5. The molecule has 1 atom stereocenters. The number of nitrogens with two attached hydrogens (primary N) is 1. The molecule has 1 saturated heterocycles. The van der Waals surface area contributed by atoms with Crippen LogP contribution in [-0.2, 0) is 0 Å². The van der Waals surface area contributed by atoms with Crippen LogP contribution in [0.25, 0.3) is 0 Å². The lowest BCUT2D eigenvalue weighted by molar-refractivity contribution is -0.383. The van der Waals surface area contributed by atoms with Crippen LogP contribution in [0.1, 0.15) is 19.8 Å². The Balaban J connectivity index is 2.02. The first-order valence-electron chi connectivity index (χ1n) is 6.60. The molecular formula is C13H20N4O2. The summed E-state index contributed by atoms with van der Waals surface area (Å²) in [4.78, 5) is 13.0. The number of nitrogens with zero attached hydrogens (tertiary/aromatic N) is 2. The van der Waals surface area contributed by atoms with Gasteiger partial charge in [0.2, 0.25) is 0 Å². The second-order valence-electron chi connectivity index (χ2n) is 4.97. The highest BCUT2D eigenvalue weighted by Crippen LogP contribution is 2.30. The van der Waals surface area contributed by atoms with Crippen molar-refractivity contribution in [2.24, 2.45) is 0 Å². The lowest BCUT2D eigenvalue weighted by Gasteiger charge is -2.24. The summed E-state index contributed by atoms with van der Waals surface area (Å²) >= 11 is 0. The van der Waals surface area contributed by atoms with Crippen molar-refractivity contribution in [3.8, 4) is 0 Å². The Labute approximate surface area is 112 Å². The van der Waals surface area contributed by atoms with Crippen LogP contribution in [0.2, 0.25) is 0 Å². The summed E-state index contributed by atoms with van der Waals surface area (Å²) in [7, 11) is 0. The predicted octanol–water partition coefficient (Wildman–Crippen LogP) is 2.07. The van der Waals surface area contributed by atoms with E-state index >= 15 is 0 Å². The van der Waals surface area contributed by atoms with Gasteiger partial charge in [0.25, 0.3) is 0 Å². The van der Waals surface area contributed by atoms with Crippen LogP contribution < -0.4 is 11.1 Å². The van der Waals surface area contributed by atoms with E-state index in [1.54, 1.807) is 18.2 Å². The Kier molecular flexibility index (Phi) is 4.21. The summed E-state index contributed by atoms with van der Waals surface area (Å²) in [6, 6.07) is 5.34. The Morgan fingerprint density at radius 3 is 2.79 bits per heavy atom. The van der Waals surface area contributed by atoms with Gasteiger partial charge < -0.3 is 11.1 Å². The number of nitrogens with one attached hydrogen (secondary N) is 1. The van der Waals surface area contributed by atoms with Crippen LogP contribution in [0.3, 0.4) is 0 Å². The molecule has 0 radical (unpaired) electrons. The van der Waals surface area contributed by atoms with Gasteiger partial charge in [-0.25, -0.2) is 0 Å². The topological polar surface area (TPSA) is 84.4 Å². The summed E-state index contributed by atoms with van der Waals surface area (Å²) in [5, 5.41) is 14.2. The highest BCUT2D eigenvalue weighted by atomic mass is 16.6. The summed E-state index contributed by atoms with van der Waals surface area (Å²) < 4.78 is 0. The fourth-order valence-electron chi connectivity index (χ4n) is 2.48. The molecule has 0 aliphatic carbocycles. The normalized spacial score (nSPS) is 17.3. The fourth-order valence-corrected chi connectivity index (χ4v) is 2.48. The van der Waals surface area contributed by atoms with E-state index in [1.807, 2.05) is 0 Å². The molecule has 1 aliphatic heterocycles. The van der Waals surface area contributed by atoms with Crippen LogP contribution in [0, 0.1) is 10.1 Å². The van der Waals surface area contributed by atoms with Gasteiger partial charge in [-0.1, -0.05) is 6.07 Å². The SMILES string of the molecule is CC(CNc1cccc(N)c1[N+](=O)[O-])N1CCCC1.